The van der Waals surface area contributed by atoms with Crippen LogP contribution in [-0.2, 0) is 11.3 Å². The lowest BCUT2D eigenvalue weighted by molar-refractivity contribution is -0.131. The van der Waals surface area contributed by atoms with Crippen molar-refractivity contribution in [3.8, 4) is 17.5 Å². The molecule has 0 aliphatic carbocycles. The van der Waals surface area contributed by atoms with Gasteiger partial charge in [-0.1, -0.05) is 23.8 Å². The highest BCUT2D eigenvalue weighted by Crippen LogP contribution is 2.19. The minimum atomic E-state index is -0.178. The zero-order valence-corrected chi connectivity index (χ0v) is 15.6. The largest absolute Gasteiger partial charge is 0.342 e. The van der Waals surface area contributed by atoms with E-state index in [9.17, 15) is 4.79 Å². The first-order valence-corrected chi connectivity index (χ1v) is 8.76. The zero-order valence-electron chi connectivity index (χ0n) is 14.8. The van der Waals surface area contributed by atoms with Gasteiger partial charge >= 0.3 is 0 Å². The maximum atomic E-state index is 12.5. The fraction of sp³-hybridized carbons (Fsp3) is 0.444. The van der Waals surface area contributed by atoms with E-state index in [1.54, 1.807) is 4.90 Å². The summed E-state index contributed by atoms with van der Waals surface area (Å²) in [6, 6.07) is 10.2. The Kier molecular flexibility index (Phi) is 6.48. The van der Waals surface area contributed by atoms with Crippen molar-refractivity contribution in [3.63, 3.8) is 0 Å². The Morgan fingerprint density at radius 1 is 1.52 bits per heavy atom. The standard InChI is InChI=1S/C18H23N5OS/c1-4-22(12-14(3)11-19)16(24)8-9-23-17(20-21-18(23)25)15-7-5-6-13(2)10-15/h5-7,10,14H,4,8-9,12H2,1-3H3,(H,21,25). The third kappa shape index (κ3) is 4.77. The third-order valence-corrected chi connectivity index (χ3v) is 4.34. The van der Waals surface area contributed by atoms with Gasteiger partial charge in [0.1, 0.15) is 0 Å². The van der Waals surface area contributed by atoms with Crippen LogP contribution in [0.4, 0.5) is 0 Å². The van der Waals surface area contributed by atoms with E-state index in [1.165, 1.54) is 0 Å². The lowest BCUT2D eigenvalue weighted by Crippen LogP contribution is -2.34. The molecule has 0 aliphatic heterocycles. The van der Waals surface area contributed by atoms with E-state index in [1.807, 2.05) is 49.6 Å². The highest BCUT2D eigenvalue weighted by Gasteiger charge is 2.16. The summed E-state index contributed by atoms with van der Waals surface area (Å²) < 4.78 is 2.35. The summed E-state index contributed by atoms with van der Waals surface area (Å²) in [5.41, 5.74) is 2.10. The van der Waals surface area contributed by atoms with Crippen molar-refractivity contribution < 1.29 is 4.79 Å². The highest BCUT2D eigenvalue weighted by atomic mass is 32.1. The average Bonchev–Trinajstić information content (AvgIpc) is 2.97. The van der Waals surface area contributed by atoms with Gasteiger partial charge in [0.25, 0.3) is 0 Å². The minimum Gasteiger partial charge on any atom is -0.342 e. The Hall–Kier alpha value is -2.46. The normalized spacial score (nSPS) is 11.8. The van der Waals surface area contributed by atoms with Gasteiger partial charge in [0.05, 0.1) is 12.0 Å². The van der Waals surface area contributed by atoms with Crippen LogP contribution >= 0.6 is 12.2 Å². The Labute approximate surface area is 153 Å². The summed E-state index contributed by atoms with van der Waals surface area (Å²) in [7, 11) is 0. The molecular formula is C18H23N5OS. The molecule has 7 heteroatoms. The van der Waals surface area contributed by atoms with Crippen LogP contribution in [0, 0.1) is 28.9 Å². The minimum absolute atomic E-state index is 0.0166. The quantitative estimate of drug-likeness (QED) is 0.771. The Bertz CT molecular complexity index is 832. The Morgan fingerprint density at radius 3 is 2.92 bits per heavy atom. The molecule has 1 atom stereocenters. The van der Waals surface area contributed by atoms with Crippen molar-refractivity contribution in [2.45, 2.75) is 33.7 Å². The molecule has 0 fully saturated rings. The number of nitrogens with zero attached hydrogens (tertiary/aromatic N) is 4. The number of benzene rings is 1. The average molecular weight is 357 g/mol. The van der Waals surface area contributed by atoms with Gasteiger partial charge in [-0.15, -0.1) is 0 Å². The van der Waals surface area contributed by atoms with E-state index in [-0.39, 0.29) is 11.8 Å². The summed E-state index contributed by atoms with van der Waals surface area (Å²) in [6.07, 6.45) is 0.318. The van der Waals surface area contributed by atoms with Crippen molar-refractivity contribution in [2.24, 2.45) is 5.92 Å². The number of aromatic nitrogens is 3. The van der Waals surface area contributed by atoms with Gasteiger partial charge in [-0.05, 0) is 39.1 Å². The summed E-state index contributed by atoms with van der Waals surface area (Å²) in [6.45, 7) is 7.25. The van der Waals surface area contributed by atoms with Gasteiger partial charge in [-0.2, -0.15) is 10.4 Å². The molecule has 2 aromatic rings. The number of nitrogens with one attached hydrogen (secondary N) is 1. The molecule has 6 nitrogen and oxygen atoms in total. The molecule has 25 heavy (non-hydrogen) atoms. The van der Waals surface area contributed by atoms with Crippen LogP contribution in [0.2, 0.25) is 0 Å². The van der Waals surface area contributed by atoms with Gasteiger partial charge in [0.15, 0.2) is 10.6 Å². The second-order valence-electron chi connectivity index (χ2n) is 6.09. The molecule has 1 unspecified atom stereocenters. The Morgan fingerprint density at radius 2 is 2.28 bits per heavy atom. The lowest BCUT2D eigenvalue weighted by Gasteiger charge is -2.22. The fourth-order valence-electron chi connectivity index (χ4n) is 2.67. The number of H-pyrrole nitrogens is 1. The first kappa shape index (κ1) is 18.9. The molecule has 0 saturated heterocycles. The van der Waals surface area contributed by atoms with Crippen LogP contribution in [0.1, 0.15) is 25.8 Å². The maximum Gasteiger partial charge on any atom is 0.224 e. The number of hydrogen-bond acceptors (Lipinski definition) is 4. The molecular weight excluding hydrogens is 334 g/mol. The summed E-state index contributed by atoms with van der Waals surface area (Å²) in [5, 5.41) is 16.1. The zero-order chi connectivity index (χ0) is 18.4. The van der Waals surface area contributed by atoms with Gasteiger partial charge in [-0.3, -0.25) is 14.5 Å². The third-order valence-electron chi connectivity index (χ3n) is 4.03. The number of hydrogen-bond donors (Lipinski definition) is 1. The molecule has 2 rings (SSSR count). The molecule has 1 N–H and O–H groups in total. The van der Waals surface area contributed by atoms with E-state index >= 15 is 0 Å². The number of amides is 1. The van der Waals surface area contributed by atoms with Crippen LogP contribution in [-0.4, -0.2) is 38.7 Å². The smallest absolute Gasteiger partial charge is 0.224 e. The number of carbonyl (C=O) groups excluding carboxylic acids is 1. The monoisotopic (exact) mass is 357 g/mol. The van der Waals surface area contributed by atoms with Crippen molar-refractivity contribution >= 4 is 18.1 Å². The van der Waals surface area contributed by atoms with Crippen LogP contribution in [0.5, 0.6) is 0 Å². The van der Waals surface area contributed by atoms with Gasteiger partial charge in [0.2, 0.25) is 5.91 Å². The molecule has 1 heterocycles. The van der Waals surface area contributed by atoms with Crippen LogP contribution in [0.15, 0.2) is 24.3 Å². The SMILES string of the molecule is CCN(CC(C)C#N)C(=O)CCn1c(-c2cccc(C)c2)n[nH]c1=S. The fourth-order valence-corrected chi connectivity index (χ4v) is 2.90. The van der Waals surface area contributed by atoms with E-state index < -0.39 is 0 Å². The number of aryl methyl sites for hydroxylation is 1. The Balaban J connectivity index is 2.13. The van der Waals surface area contributed by atoms with Gasteiger partial charge < -0.3 is 4.90 Å². The first-order chi connectivity index (χ1) is 12.0. The van der Waals surface area contributed by atoms with E-state index in [2.05, 4.69) is 16.3 Å². The number of carbonyl (C=O) groups is 1. The van der Waals surface area contributed by atoms with Crippen molar-refractivity contribution in [1.29, 1.82) is 5.26 Å². The second kappa shape index (κ2) is 8.58. The molecule has 1 amide bonds. The van der Waals surface area contributed by atoms with E-state index in [0.29, 0.717) is 30.8 Å². The van der Waals surface area contributed by atoms with Crippen molar-refractivity contribution in [1.82, 2.24) is 19.7 Å². The van der Waals surface area contributed by atoms with Crippen LogP contribution < -0.4 is 0 Å². The van der Waals surface area contributed by atoms with Crippen LogP contribution in [0.3, 0.4) is 0 Å². The summed E-state index contributed by atoms with van der Waals surface area (Å²) >= 11 is 5.32. The number of nitriles is 1. The van der Waals surface area contributed by atoms with Crippen molar-refractivity contribution in [3.05, 3.63) is 34.6 Å². The molecule has 0 bridgehead atoms. The topological polar surface area (TPSA) is 77.7 Å². The van der Waals surface area contributed by atoms with E-state index in [0.717, 1.165) is 17.0 Å². The lowest BCUT2D eigenvalue weighted by atomic mass is 10.1. The van der Waals surface area contributed by atoms with Gasteiger partial charge in [-0.25, -0.2) is 0 Å². The predicted octanol–water partition coefficient (Wildman–Crippen LogP) is 3.31. The second-order valence-corrected chi connectivity index (χ2v) is 6.47. The van der Waals surface area contributed by atoms with E-state index in [4.69, 9.17) is 17.5 Å². The molecule has 0 saturated carbocycles. The molecule has 132 valence electrons. The molecule has 0 aliphatic rings. The molecule has 1 aromatic heterocycles. The number of aromatic amines is 1. The first-order valence-electron chi connectivity index (χ1n) is 8.35. The maximum absolute atomic E-state index is 12.5. The van der Waals surface area contributed by atoms with Crippen LogP contribution in [0.25, 0.3) is 11.4 Å². The van der Waals surface area contributed by atoms with Gasteiger partial charge in [0, 0.05) is 31.6 Å². The summed E-state index contributed by atoms with van der Waals surface area (Å²) in [4.78, 5) is 14.2. The molecule has 0 radical (unpaired) electrons. The summed E-state index contributed by atoms with van der Waals surface area (Å²) in [5.74, 6) is 0.570. The van der Waals surface area contributed by atoms with Crippen molar-refractivity contribution in [2.75, 3.05) is 13.1 Å². The molecule has 1 aromatic carbocycles. The highest BCUT2D eigenvalue weighted by molar-refractivity contribution is 7.71. The molecule has 0 spiro atoms. The number of rotatable bonds is 7. The predicted molar refractivity (Wildman–Crippen MR) is 99.2 cm³/mol.